The van der Waals surface area contributed by atoms with Gasteiger partial charge in [0.2, 0.25) is 0 Å². The predicted molar refractivity (Wildman–Crippen MR) is 90.5 cm³/mol. The maximum absolute atomic E-state index is 10.6. The monoisotopic (exact) mass is 332 g/mol. The molecule has 0 radical (unpaired) electrons. The van der Waals surface area contributed by atoms with Gasteiger partial charge in [-0.3, -0.25) is 0 Å². The van der Waals surface area contributed by atoms with Crippen molar-refractivity contribution in [1.29, 1.82) is 0 Å². The second kappa shape index (κ2) is 6.10. The zero-order chi connectivity index (χ0) is 16.9. The first-order valence-electron chi connectivity index (χ1n) is 9.21. The molecule has 4 nitrogen and oxygen atoms in total. The Morgan fingerprint density at radius 1 is 1.25 bits per heavy atom. The van der Waals surface area contributed by atoms with Crippen molar-refractivity contribution in [2.75, 3.05) is 13.2 Å². The molecular formula is C20H28O4. The number of rotatable bonds is 4. The lowest BCUT2D eigenvalue weighted by Gasteiger charge is -2.48. The topological polar surface area (TPSA) is 58.9 Å². The molecule has 3 aliphatic rings. The van der Waals surface area contributed by atoms with Crippen LogP contribution in [0.25, 0.3) is 0 Å². The summed E-state index contributed by atoms with van der Waals surface area (Å²) in [6.07, 6.45) is 2.59. The molecule has 5 atom stereocenters. The van der Waals surface area contributed by atoms with Gasteiger partial charge in [0.15, 0.2) is 5.79 Å². The summed E-state index contributed by atoms with van der Waals surface area (Å²) in [6, 6.07) is 6.19. The molecule has 132 valence electrons. The lowest BCUT2D eigenvalue weighted by molar-refractivity contribution is -0.275. The van der Waals surface area contributed by atoms with Crippen LogP contribution in [-0.2, 0) is 9.47 Å². The summed E-state index contributed by atoms with van der Waals surface area (Å²) in [5, 5.41) is 21.2. The Morgan fingerprint density at radius 2 is 2.00 bits per heavy atom. The van der Waals surface area contributed by atoms with Gasteiger partial charge in [-0.25, -0.2) is 0 Å². The SMILES string of the molecule is Cc1ccc(C(O)CCC2CC3C(CC34OCCO4)C2O)c(C)c1. The molecule has 0 amide bonds. The number of aliphatic hydroxyl groups is 2. The zero-order valence-corrected chi connectivity index (χ0v) is 14.6. The number of hydrogen-bond donors (Lipinski definition) is 2. The summed E-state index contributed by atoms with van der Waals surface area (Å²) in [5.74, 6) is 0.490. The molecule has 1 aliphatic heterocycles. The fourth-order valence-electron chi connectivity index (χ4n) is 5.13. The van der Waals surface area contributed by atoms with Gasteiger partial charge in [-0.2, -0.15) is 0 Å². The van der Waals surface area contributed by atoms with Gasteiger partial charge in [-0.1, -0.05) is 23.8 Å². The van der Waals surface area contributed by atoms with Gasteiger partial charge in [-0.05, 0) is 56.1 Å². The van der Waals surface area contributed by atoms with Gasteiger partial charge in [0.25, 0.3) is 0 Å². The van der Waals surface area contributed by atoms with Gasteiger partial charge in [-0.15, -0.1) is 0 Å². The van der Waals surface area contributed by atoms with E-state index in [1.54, 1.807) is 0 Å². The van der Waals surface area contributed by atoms with E-state index >= 15 is 0 Å². The largest absolute Gasteiger partial charge is 0.393 e. The molecular weight excluding hydrogens is 304 g/mol. The molecule has 0 bridgehead atoms. The quantitative estimate of drug-likeness (QED) is 0.890. The van der Waals surface area contributed by atoms with Crippen LogP contribution in [0.3, 0.4) is 0 Å². The molecule has 1 heterocycles. The van der Waals surface area contributed by atoms with Crippen LogP contribution in [0.1, 0.15) is 48.5 Å². The average molecular weight is 332 g/mol. The first-order chi connectivity index (χ1) is 11.5. The Kier molecular flexibility index (Phi) is 4.20. The van der Waals surface area contributed by atoms with E-state index in [0.29, 0.717) is 31.5 Å². The maximum atomic E-state index is 10.6. The second-order valence-electron chi connectivity index (χ2n) is 7.92. The fourth-order valence-corrected chi connectivity index (χ4v) is 5.13. The Morgan fingerprint density at radius 3 is 2.71 bits per heavy atom. The molecule has 2 saturated carbocycles. The Balaban J connectivity index is 1.36. The normalized spacial score (nSPS) is 35.0. The highest BCUT2D eigenvalue weighted by atomic mass is 16.7. The molecule has 5 unspecified atom stereocenters. The summed E-state index contributed by atoms with van der Waals surface area (Å²) in [7, 11) is 0. The van der Waals surface area contributed by atoms with Crippen molar-refractivity contribution in [3.63, 3.8) is 0 Å². The maximum Gasteiger partial charge on any atom is 0.172 e. The van der Waals surface area contributed by atoms with E-state index in [1.165, 1.54) is 5.56 Å². The van der Waals surface area contributed by atoms with E-state index in [-0.39, 0.29) is 12.0 Å². The van der Waals surface area contributed by atoms with Gasteiger partial charge < -0.3 is 19.7 Å². The molecule has 2 N–H and O–H groups in total. The van der Waals surface area contributed by atoms with Crippen LogP contribution < -0.4 is 0 Å². The third-order valence-corrected chi connectivity index (χ3v) is 6.45. The van der Waals surface area contributed by atoms with Crippen molar-refractivity contribution in [3.05, 3.63) is 34.9 Å². The van der Waals surface area contributed by atoms with E-state index in [2.05, 4.69) is 26.0 Å². The van der Waals surface area contributed by atoms with E-state index in [1.807, 2.05) is 6.07 Å². The Hall–Kier alpha value is -0.940. The van der Waals surface area contributed by atoms with Gasteiger partial charge in [0, 0.05) is 12.3 Å². The van der Waals surface area contributed by atoms with Crippen molar-refractivity contribution < 1.29 is 19.7 Å². The lowest BCUT2D eigenvalue weighted by atomic mass is 9.69. The van der Waals surface area contributed by atoms with Crippen molar-refractivity contribution in [2.45, 2.75) is 57.5 Å². The van der Waals surface area contributed by atoms with Crippen LogP contribution in [-0.4, -0.2) is 35.3 Å². The number of aliphatic hydroxyl groups excluding tert-OH is 2. The van der Waals surface area contributed by atoms with Crippen molar-refractivity contribution in [2.24, 2.45) is 17.8 Å². The fraction of sp³-hybridized carbons (Fsp3) is 0.700. The summed E-state index contributed by atoms with van der Waals surface area (Å²) < 4.78 is 11.7. The van der Waals surface area contributed by atoms with Gasteiger partial charge in [0.1, 0.15) is 0 Å². The van der Waals surface area contributed by atoms with Crippen LogP contribution in [0.15, 0.2) is 18.2 Å². The number of fused-ring (bicyclic) bond motifs is 2. The highest BCUT2D eigenvalue weighted by molar-refractivity contribution is 5.31. The summed E-state index contributed by atoms with van der Waals surface area (Å²) in [6.45, 7) is 5.47. The van der Waals surface area contributed by atoms with Crippen molar-refractivity contribution in [1.82, 2.24) is 0 Å². The molecule has 4 rings (SSSR count). The molecule has 0 aromatic heterocycles. The molecule has 3 fully saturated rings. The van der Waals surface area contributed by atoms with Crippen LogP contribution in [0.2, 0.25) is 0 Å². The van der Waals surface area contributed by atoms with Gasteiger partial charge >= 0.3 is 0 Å². The van der Waals surface area contributed by atoms with Crippen LogP contribution in [0.4, 0.5) is 0 Å². The first kappa shape index (κ1) is 16.5. The van der Waals surface area contributed by atoms with E-state index < -0.39 is 11.9 Å². The molecule has 1 aromatic rings. The first-order valence-corrected chi connectivity index (χ1v) is 9.21. The van der Waals surface area contributed by atoms with Gasteiger partial charge in [0.05, 0.1) is 25.4 Å². The molecule has 1 aromatic carbocycles. The van der Waals surface area contributed by atoms with E-state index in [4.69, 9.17) is 9.47 Å². The minimum absolute atomic E-state index is 0.243. The zero-order valence-electron chi connectivity index (χ0n) is 14.6. The number of aryl methyl sites for hydroxylation is 2. The molecule has 1 saturated heterocycles. The predicted octanol–water partition coefficient (Wildman–Crippen LogP) is 2.88. The standard InChI is InChI=1S/C20H28O4/c1-12-3-5-15(13(2)9-12)18(21)6-4-14-10-17-16(19(14)22)11-20(17)23-7-8-24-20/h3,5,9,14,16-19,21-22H,4,6-8,10-11H2,1-2H3. The molecule has 2 aliphatic carbocycles. The Bertz CT molecular complexity index is 608. The van der Waals surface area contributed by atoms with E-state index in [0.717, 1.165) is 30.4 Å². The number of ether oxygens (including phenoxy) is 2. The van der Waals surface area contributed by atoms with Crippen LogP contribution in [0.5, 0.6) is 0 Å². The summed E-state index contributed by atoms with van der Waals surface area (Å²) in [4.78, 5) is 0. The molecule has 4 heteroatoms. The van der Waals surface area contributed by atoms with Crippen LogP contribution in [0, 0.1) is 31.6 Å². The summed E-state index contributed by atoms with van der Waals surface area (Å²) in [5.41, 5.74) is 3.37. The minimum atomic E-state index is -0.455. The lowest BCUT2D eigenvalue weighted by Crippen LogP contribution is -2.54. The molecule has 1 spiro atoms. The third kappa shape index (κ3) is 2.60. The highest BCUT2D eigenvalue weighted by Crippen LogP contribution is 2.59. The van der Waals surface area contributed by atoms with Crippen LogP contribution >= 0.6 is 0 Å². The summed E-state index contributed by atoms with van der Waals surface area (Å²) >= 11 is 0. The average Bonchev–Trinajstić information content (AvgIpc) is 3.11. The van der Waals surface area contributed by atoms with E-state index in [9.17, 15) is 10.2 Å². The molecule has 24 heavy (non-hydrogen) atoms. The smallest absolute Gasteiger partial charge is 0.172 e. The highest BCUT2D eigenvalue weighted by Gasteiger charge is 2.64. The van der Waals surface area contributed by atoms with Crippen molar-refractivity contribution >= 4 is 0 Å². The number of benzene rings is 1. The van der Waals surface area contributed by atoms with Crippen molar-refractivity contribution in [3.8, 4) is 0 Å². The number of hydrogen-bond acceptors (Lipinski definition) is 4. The minimum Gasteiger partial charge on any atom is -0.393 e. The second-order valence-corrected chi connectivity index (χ2v) is 7.92. The Labute approximate surface area is 143 Å². The third-order valence-electron chi connectivity index (χ3n) is 6.45.